The third-order valence-corrected chi connectivity index (χ3v) is 7.73. The average molecular weight is 346 g/mol. The predicted molar refractivity (Wildman–Crippen MR) is 81.3 cm³/mol. The Bertz CT molecular complexity index is 815. The van der Waals surface area contributed by atoms with Gasteiger partial charge in [-0.1, -0.05) is 29.8 Å². The molecule has 8 heteroatoms. The van der Waals surface area contributed by atoms with E-state index in [1.54, 1.807) is 12.1 Å². The summed E-state index contributed by atoms with van der Waals surface area (Å²) in [5, 5.41) is 9.91. The molecule has 1 aromatic carbocycles. The second kappa shape index (κ2) is 5.24. The van der Waals surface area contributed by atoms with Gasteiger partial charge >= 0.3 is 5.97 Å². The first-order chi connectivity index (χ1) is 9.91. The van der Waals surface area contributed by atoms with Gasteiger partial charge in [0.1, 0.15) is 0 Å². The number of carboxylic acids is 1. The average Bonchev–Trinajstić information content (AvgIpc) is 3.05. The number of halogens is 1. The van der Waals surface area contributed by atoms with Crippen LogP contribution in [-0.2, 0) is 14.8 Å². The summed E-state index contributed by atoms with van der Waals surface area (Å²) in [6.07, 6.45) is 0.330. The van der Waals surface area contributed by atoms with Crippen LogP contribution in [0.15, 0.2) is 28.5 Å². The Morgan fingerprint density at radius 3 is 2.71 bits per heavy atom. The van der Waals surface area contributed by atoms with E-state index in [2.05, 4.69) is 0 Å². The Balaban J connectivity index is 2.01. The van der Waals surface area contributed by atoms with Gasteiger partial charge in [-0.3, -0.25) is 4.79 Å². The number of fused-ring (bicyclic) bond motifs is 1. The van der Waals surface area contributed by atoms with E-state index in [1.165, 1.54) is 4.31 Å². The number of sulfonamides is 1. The molecule has 3 rings (SSSR count). The molecule has 1 unspecified atom stereocenters. The summed E-state index contributed by atoms with van der Waals surface area (Å²) >= 11 is 7.33. The van der Waals surface area contributed by atoms with Gasteiger partial charge in [0.2, 0.25) is 0 Å². The van der Waals surface area contributed by atoms with Gasteiger partial charge < -0.3 is 5.11 Å². The van der Waals surface area contributed by atoms with Crippen molar-refractivity contribution in [3.63, 3.8) is 0 Å². The minimum absolute atomic E-state index is 0.00222. The van der Waals surface area contributed by atoms with E-state index in [-0.39, 0.29) is 22.3 Å². The lowest BCUT2D eigenvalue weighted by Crippen LogP contribution is -2.29. The van der Waals surface area contributed by atoms with E-state index in [0.29, 0.717) is 11.8 Å². The SMILES string of the molecule is O=C(O)C1CCN(S(=O)(=O)c2sc3ccccc3c2Cl)C1. The van der Waals surface area contributed by atoms with Crippen molar-refractivity contribution >= 4 is 49.0 Å². The van der Waals surface area contributed by atoms with Gasteiger partial charge in [0.25, 0.3) is 10.0 Å². The van der Waals surface area contributed by atoms with Crippen molar-refractivity contribution in [2.45, 2.75) is 10.6 Å². The van der Waals surface area contributed by atoms with Gasteiger partial charge in [-0.15, -0.1) is 11.3 Å². The van der Waals surface area contributed by atoms with Crippen molar-refractivity contribution in [2.24, 2.45) is 5.92 Å². The lowest BCUT2D eigenvalue weighted by molar-refractivity contribution is -0.141. The summed E-state index contributed by atoms with van der Waals surface area (Å²) in [4.78, 5) is 11.0. The number of hydrogen-bond acceptors (Lipinski definition) is 4. The van der Waals surface area contributed by atoms with Crippen molar-refractivity contribution in [3.05, 3.63) is 29.3 Å². The number of aliphatic carboxylic acids is 1. The van der Waals surface area contributed by atoms with E-state index in [0.717, 1.165) is 16.0 Å². The number of hydrogen-bond donors (Lipinski definition) is 1. The number of thiophene rings is 1. The summed E-state index contributed by atoms with van der Waals surface area (Å²) in [5.74, 6) is -1.61. The fourth-order valence-electron chi connectivity index (χ4n) is 2.42. The molecule has 1 aliphatic rings. The zero-order valence-corrected chi connectivity index (χ0v) is 13.2. The molecular formula is C13H12ClNO4S2. The normalized spacial score (nSPS) is 20.1. The maximum atomic E-state index is 12.7. The topological polar surface area (TPSA) is 74.7 Å². The van der Waals surface area contributed by atoms with Crippen molar-refractivity contribution in [1.82, 2.24) is 4.31 Å². The minimum atomic E-state index is -3.74. The van der Waals surface area contributed by atoms with Crippen molar-refractivity contribution in [1.29, 1.82) is 0 Å². The van der Waals surface area contributed by atoms with E-state index in [9.17, 15) is 13.2 Å². The first-order valence-electron chi connectivity index (χ1n) is 6.31. The molecule has 0 saturated carbocycles. The van der Waals surface area contributed by atoms with Crippen LogP contribution in [0.3, 0.4) is 0 Å². The standard InChI is InChI=1S/C13H12ClNO4S2/c14-11-9-3-1-2-4-10(9)20-13(11)21(18,19)15-6-5-8(7-15)12(16)17/h1-4,8H,5-7H2,(H,16,17). The Morgan fingerprint density at radius 2 is 2.10 bits per heavy atom. The van der Waals surface area contributed by atoms with Crippen molar-refractivity contribution in [2.75, 3.05) is 13.1 Å². The molecule has 112 valence electrons. The van der Waals surface area contributed by atoms with E-state index >= 15 is 0 Å². The predicted octanol–water partition coefficient (Wildman–Crippen LogP) is 2.65. The first kappa shape index (κ1) is 14.8. The molecule has 0 aliphatic carbocycles. The number of carboxylic acid groups (broad SMARTS) is 1. The highest BCUT2D eigenvalue weighted by Gasteiger charge is 2.37. The van der Waals surface area contributed by atoms with Crippen LogP contribution in [0.1, 0.15) is 6.42 Å². The van der Waals surface area contributed by atoms with Gasteiger partial charge in [0, 0.05) is 23.2 Å². The van der Waals surface area contributed by atoms with Crippen LogP contribution in [0.25, 0.3) is 10.1 Å². The summed E-state index contributed by atoms with van der Waals surface area (Å²) in [6, 6.07) is 7.21. The Kier molecular flexibility index (Phi) is 3.69. The number of carbonyl (C=O) groups is 1. The van der Waals surface area contributed by atoms with Crippen molar-refractivity contribution in [3.8, 4) is 0 Å². The second-order valence-electron chi connectivity index (χ2n) is 4.89. The largest absolute Gasteiger partial charge is 0.481 e. The van der Waals surface area contributed by atoms with Crippen LogP contribution < -0.4 is 0 Å². The summed E-state index contributed by atoms with van der Waals surface area (Å²) in [7, 11) is -3.74. The fraction of sp³-hybridized carbons (Fsp3) is 0.308. The highest BCUT2D eigenvalue weighted by molar-refractivity contribution is 7.91. The third kappa shape index (κ3) is 2.44. The first-order valence-corrected chi connectivity index (χ1v) is 8.94. The molecule has 2 aromatic rings. The van der Waals surface area contributed by atoms with E-state index < -0.39 is 21.9 Å². The van der Waals surface area contributed by atoms with Crippen LogP contribution in [-0.4, -0.2) is 36.9 Å². The van der Waals surface area contributed by atoms with Crippen LogP contribution in [0.4, 0.5) is 0 Å². The highest BCUT2D eigenvalue weighted by atomic mass is 35.5. The Hall–Kier alpha value is -1.15. The molecule has 1 fully saturated rings. The van der Waals surface area contributed by atoms with Crippen LogP contribution in [0, 0.1) is 5.92 Å². The summed E-state index contributed by atoms with van der Waals surface area (Å²) in [6.45, 7) is 0.214. The fourth-order valence-corrected chi connectivity index (χ4v) is 6.18. The molecule has 1 atom stereocenters. The molecule has 1 N–H and O–H groups in total. The van der Waals surface area contributed by atoms with Crippen LogP contribution in [0.2, 0.25) is 5.02 Å². The lowest BCUT2D eigenvalue weighted by atomic mass is 10.1. The maximum Gasteiger partial charge on any atom is 0.307 e. The molecule has 0 bridgehead atoms. The number of rotatable bonds is 3. The Labute approximate surface area is 130 Å². The summed E-state index contributed by atoms with van der Waals surface area (Å²) < 4.78 is 27.4. The summed E-state index contributed by atoms with van der Waals surface area (Å²) in [5.41, 5.74) is 0. The molecule has 0 spiro atoms. The molecule has 1 aromatic heterocycles. The monoisotopic (exact) mass is 345 g/mol. The van der Waals surface area contributed by atoms with Crippen molar-refractivity contribution < 1.29 is 18.3 Å². The number of nitrogens with zero attached hydrogens (tertiary/aromatic N) is 1. The van der Waals surface area contributed by atoms with Gasteiger partial charge in [-0.2, -0.15) is 4.31 Å². The smallest absolute Gasteiger partial charge is 0.307 e. The number of benzene rings is 1. The van der Waals surface area contributed by atoms with Crippen LogP contribution >= 0.6 is 22.9 Å². The maximum absolute atomic E-state index is 12.7. The third-order valence-electron chi connectivity index (χ3n) is 3.58. The molecule has 1 saturated heterocycles. The molecule has 2 heterocycles. The van der Waals surface area contributed by atoms with Crippen LogP contribution in [0.5, 0.6) is 0 Å². The molecule has 5 nitrogen and oxygen atoms in total. The molecule has 1 aliphatic heterocycles. The van der Waals surface area contributed by atoms with Gasteiger partial charge in [-0.05, 0) is 12.5 Å². The van der Waals surface area contributed by atoms with Gasteiger partial charge in [0.15, 0.2) is 4.21 Å². The quantitative estimate of drug-likeness (QED) is 0.928. The van der Waals surface area contributed by atoms with Gasteiger partial charge in [0.05, 0.1) is 10.9 Å². The van der Waals surface area contributed by atoms with Gasteiger partial charge in [-0.25, -0.2) is 8.42 Å². The minimum Gasteiger partial charge on any atom is -0.481 e. The molecule has 0 radical (unpaired) electrons. The zero-order valence-electron chi connectivity index (χ0n) is 10.8. The Morgan fingerprint density at radius 1 is 1.38 bits per heavy atom. The molecule has 0 amide bonds. The lowest BCUT2D eigenvalue weighted by Gasteiger charge is -2.14. The molecular weight excluding hydrogens is 334 g/mol. The van der Waals surface area contributed by atoms with E-state index in [4.69, 9.17) is 16.7 Å². The highest BCUT2D eigenvalue weighted by Crippen LogP contribution is 2.40. The second-order valence-corrected chi connectivity index (χ2v) is 8.45. The van der Waals surface area contributed by atoms with E-state index in [1.807, 2.05) is 12.1 Å². The molecule has 21 heavy (non-hydrogen) atoms. The zero-order chi connectivity index (χ0) is 15.2.